The largest absolute Gasteiger partial charge is 0.493 e. The molecule has 1 aliphatic rings. The van der Waals surface area contributed by atoms with E-state index in [4.69, 9.17) is 9.47 Å². The molecular formula is C14H18N2O4. The molecule has 0 aliphatic carbocycles. The summed E-state index contributed by atoms with van der Waals surface area (Å²) in [5, 5.41) is 2.77. The number of rotatable bonds is 4. The molecule has 1 saturated heterocycles. The van der Waals surface area contributed by atoms with Gasteiger partial charge in [0.25, 0.3) is 0 Å². The van der Waals surface area contributed by atoms with Crippen LogP contribution in [0.15, 0.2) is 18.2 Å². The average molecular weight is 278 g/mol. The van der Waals surface area contributed by atoms with E-state index in [0.29, 0.717) is 24.5 Å². The highest BCUT2D eigenvalue weighted by Gasteiger charge is 2.31. The molecule has 1 fully saturated rings. The third-order valence-electron chi connectivity index (χ3n) is 3.21. The summed E-state index contributed by atoms with van der Waals surface area (Å²) in [4.78, 5) is 24.7. The molecule has 2 amide bonds. The number of carbonyl (C=O) groups excluding carboxylic acids is 2. The Balaban J connectivity index is 2.19. The maximum absolute atomic E-state index is 12.0. The van der Waals surface area contributed by atoms with Crippen LogP contribution in [-0.2, 0) is 9.59 Å². The van der Waals surface area contributed by atoms with Crippen LogP contribution in [0.2, 0.25) is 0 Å². The fraction of sp³-hybridized carbons (Fsp3) is 0.429. The number of carbonyl (C=O) groups is 2. The molecule has 0 bridgehead atoms. The maximum atomic E-state index is 12.0. The summed E-state index contributed by atoms with van der Waals surface area (Å²) in [6.45, 7) is 1.91. The highest BCUT2D eigenvalue weighted by molar-refractivity contribution is 5.97. The first-order valence-corrected chi connectivity index (χ1v) is 6.34. The molecule has 6 heteroatoms. The van der Waals surface area contributed by atoms with Gasteiger partial charge in [-0.1, -0.05) is 0 Å². The van der Waals surface area contributed by atoms with E-state index in [9.17, 15) is 9.59 Å². The van der Waals surface area contributed by atoms with Crippen LogP contribution in [0.25, 0.3) is 0 Å². The van der Waals surface area contributed by atoms with Gasteiger partial charge in [0, 0.05) is 31.6 Å². The molecule has 0 spiro atoms. The number of methoxy groups -OCH3 is 2. The van der Waals surface area contributed by atoms with Crippen LogP contribution in [-0.4, -0.2) is 38.6 Å². The highest BCUT2D eigenvalue weighted by Crippen LogP contribution is 2.33. The van der Waals surface area contributed by atoms with Gasteiger partial charge in [0.2, 0.25) is 11.8 Å². The van der Waals surface area contributed by atoms with Gasteiger partial charge in [-0.25, -0.2) is 0 Å². The van der Waals surface area contributed by atoms with Crippen LogP contribution >= 0.6 is 0 Å². The van der Waals surface area contributed by atoms with Gasteiger partial charge in [-0.15, -0.1) is 0 Å². The van der Waals surface area contributed by atoms with Gasteiger partial charge >= 0.3 is 0 Å². The van der Waals surface area contributed by atoms with Crippen LogP contribution in [0.4, 0.5) is 5.69 Å². The predicted molar refractivity (Wildman–Crippen MR) is 74.1 cm³/mol. The number of nitrogens with zero attached hydrogens (tertiary/aromatic N) is 1. The lowest BCUT2D eigenvalue weighted by Crippen LogP contribution is -2.35. The van der Waals surface area contributed by atoms with Gasteiger partial charge < -0.3 is 19.7 Å². The van der Waals surface area contributed by atoms with Crippen molar-refractivity contribution in [1.82, 2.24) is 5.32 Å². The average Bonchev–Trinajstić information content (AvgIpc) is 2.77. The van der Waals surface area contributed by atoms with Crippen LogP contribution in [0.3, 0.4) is 0 Å². The first kappa shape index (κ1) is 14.2. The second kappa shape index (κ2) is 5.81. The fourth-order valence-corrected chi connectivity index (χ4v) is 2.33. The number of hydrogen-bond acceptors (Lipinski definition) is 4. The van der Waals surface area contributed by atoms with Crippen molar-refractivity contribution in [2.75, 3.05) is 25.7 Å². The van der Waals surface area contributed by atoms with Gasteiger partial charge in [-0.05, 0) is 12.1 Å². The molecule has 0 aromatic heterocycles. The molecule has 1 atom stereocenters. The summed E-state index contributed by atoms with van der Waals surface area (Å²) in [7, 11) is 3.11. The van der Waals surface area contributed by atoms with Crippen molar-refractivity contribution in [3.05, 3.63) is 18.2 Å². The number of ether oxygens (including phenoxy) is 2. The predicted octanol–water partition coefficient (Wildman–Crippen LogP) is 0.945. The van der Waals surface area contributed by atoms with Crippen LogP contribution in [0.5, 0.6) is 11.5 Å². The van der Waals surface area contributed by atoms with Crippen LogP contribution in [0, 0.1) is 0 Å². The zero-order chi connectivity index (χ0) is 14.7. The standard InChI is InChI=1S/C14H18N2O4/c1-9(17)15-10-6-14(18)16(8-10)11-4-5-12(19-2)13(7-11)20-3/h4-5,7,10H,6,8H2,1-3H3,(H,15,17)/t10-/m1/s1. The summed E-state index contributed by atoms with van der Waals surface area (Å²) < 4.78 is 10.4. The number of benzene rings is 1. The van der Waals surface area contributed by atoms with Crippen molar-refractivity contribution >= 4 is 17.5 Å². The molecule has 1 heterocycles. The summed E-state index contributed by atoms with van der Waals surface area (Å²) in [6.07, 6.45) is 0.313. The van der Waals surface area contributed by atoms with Gasteiger partial charge in [0.05, 0.1) is 20.3 Å². The molecule has 1 aliphatic heterocycles. The van der Waals surface area contributed by atoms with Gasteiger partial charge in [0.15, 0.2) is 11.5 Å². The van der Waals surface area contributed by atoms with Crippen LogP contribution in [0.1, 0.15) is 13.3 Å². The Morgan fingerprint density at radius 1 is 1.30 bits per heavy atom. The topological polar surface area (TPSA) is 67.9 Å². The van der Waals surface area contributed by atoms with Crippen molar-refractivity contribution in [2.24, 2.45) is 0 Å². The molecule has 1 aromatic rings. The first-order valence-electron chi connectivity index (χ1n) is 6.34. The normalized spacial score (nSPS) is 18.1. The second-order valence-corrected chi connectivity index (χ2v) is 4.65. The van der Waals surface area contributed by atoms with Crippen molar-refractivity contribution in [2.45, 2.75) is 19.4 Å². The molecule has 0 saturated carbocycles. The van der Waals surface area contributed by atoms with Crippen molar-refractivity contribution in [3.63, 3.8) is 0 Å². The monoisotopic (exact) mass is 278 g/mol. The number of hydrogen-bond donors (Lipinski definition) is 1. The third kappa shape index (κ3) is 2.84. The maximum Gasteiger partial charge on any atom is 0.229 e. The lowest BCUT2D eigenvalue weighted by atomic mass is 10.2. The summed E-state index contributed by atoms with van der Waals surface area (Å²) in [5.74, 6) is 1.04. The molecular weight excluding hydrogens is 260 g/mol. The molecule has 0 unspecified atom stereocenters. The summed E-state index contributed by atoms with van der Waals surface area (Å²) in [5.41, 5.74) is 0.737. The summed E-state index contributed by atoms with van der Waals surface area (Å²) >= 11 is 0. The minimum Gasteiger partial charge on any atom is -0.493 e. The molecule has 0 radical (unpaired) electrons. The fourth-order valence-electron chi connectivity index (χ4n) is 2.33. The smallest absolute Gasteiger partial charge is 0.229 e. The third-order valence-corrected chi connectivity index (χ3v) is 3.21. The zero-order valence-corrected chi connectivity index (χ0v) is 11.8. The number of amides is 2. The van der Waals surface area contributed by atoms with E-state index in [1.807, 2.05) is 0 Å². The summed E-state index contributed by atoms with van der Waals surface area (Å²) in [6, 6.07) is 5.17. The van der Waals surface area contributed by atoms with Crippen molar-refractivity contribution in [1.29, 1.82) is 0 Å². The molecule has 2 rings (SSSR count). The van der Waals surface area contributed by atoms with E-state index in [2.05, 4.69) is 5.32 Å². The SMILES string of the molecule is COc1ccc(N2C[C@H](NC(C)=O)CC2=O)cc1OC. The second-order valence-electron chi connectivity index (χ2n) is 4.65. The Bertz CT molecular complexity index is 530. The molecule has 108 valence electrons. The van der Waals surface area contributed by atoms with Crippen molar-refractivity contribution in [3.8, 4) is 11.5 Å². The van der Waals surface area contributed by atoms with Crippen molar-refractivity contribution < 1.29 is 19.1 Å². The molecule has 6 nitrogen and oxygen atoms in total. The Kier molecular flexibility index (Phi) is 4.12. The molecule has 20 heavy (non-hydrogen) atoms. The Morgan fingerprint density at radius 3 is 2.60 bits per heavy atom. The number of anilines is 1. The Morgan fingerprint density at radius 2 is 2.00 bits per heavy atom. The Hall–Kier alpha value is -2.24. The minimum absolute atomic E-state index is 0.0176. The van der Waals surface area contributed by atoms with E-state index in [0.717, 1.165) is 5.69 Å². The van der Waals surface area contributed by atoms with E-state index >= 15 is 0 Å². The van der Waals surface area contributed by atoms with Crippen LogP contribution < -0.4 is 19.7 Å². The van der Waals surface area contributed by atoms with E-state index in [1.165, 1.54) is 6.92 Å². The lowest BCUT2D eigenvalue weighted by molar-refractivity contribution is -0.119. The van der Waals surface area contributed by atoms with E-state index in [-0.39, 0.29) is 17.9 Å². The van der Waals surface area contributed by atoms with Gasteiger partial charge in [0.1, 0.15) is 0 Å². The molecule has 1 N–H and O–H groups in total. The van der Waals surface area contributed by atoms with E-state index < -0.39 is 0 Å². The zero-order valence-electron chi connectivity index (χ0n) is 11.8. The van der Waals surface area contributed by atoms with Gasteiger partial charge in [-0.3, -0.25) is 9.59 Å². The minimum atomic E-state index is -0.145. The quantitative estimate of drug-likeness (QED) is 0.890. The first-order chi connectivity index (χ1) is 9.55. The Labute approximate surface area is 117 Å². The highest BCUT2D eigenvalue weighted by atomic mass is 16.5. The molecule has 1 aromatic carbocycles. The number of nitrogens with one attached hydrogen (secondary N) is 1. The van der Waals surface area contributed by atoms with E-state index in [1.54, 1.807) is 37.3 Å². The van der Waals surface area contributed by atoms with Gasteiger partial charge in [-0.2, -0.15) is 0 Å². The lowest BCUT2D eigenvalue weighted by Gasteiger charge is -2.18.